The number of carbonyl (C=O) groups is 3. The summed E-state index contributed by atoms with van der Waals surface area (Å²) < 4.78 is 5.19. The molecule has 0 radical (unpaired) electrons. The molecule has 4 atom stereocenters. The minimum Gasteiger partial charge on any atom is -0.507 e. The predicted molar refractivity (Wildman–Crippen MR) is 97.7 cm³/mol. The van der Waals surface area contributed by atoms with Crippen LogP contribution in [0.1, 0.15) is 53.9 Å². The summed E-state index contributed by atoms with van der Waals surface area (Å²) >= 11 is 0. The van der Waals surface area contributed by atoms with Crippen molar-refractivity contribution in [3.8, 4) is 0 Å². The van der Waals surface area contributed by atoms with E-state index in [-0.39, 0.29) is 46.2 Å². The van der Waals surface area contributed by atoms with E-state index >= 15 is 0 Å². The van der Waals surface area contributed by atoms with Crippen LogP contribution in [-0.4, -0.2) is 40.5 Å². The summed E-state index contributed by atoms with van der Waals surface area (Å²) in [6.45, 7) is 9.57. The van der Waals surface area contributed by atoms with Gasteiger partial charge in [-0.15, -0.1) is 0 Å². The van der Waals surface area contributed by atoms with Gasteiger partial charge >= 0.3 is 0 Å². The predicted octanol–water partition coefficient (Wildman–Crippen LogP) is 2.65. The number of rotatable bonds is 3. The van der Waals surface area contributed by atoms with Crippen molar-refractivity contribution < 1.29 is 29.3 Å². The first-order chi connectivity index (χ1) is 12.5. The Balaban J connectivity index is 2.36. The molecule has 0 bridgehead atoms. The normalized spacial score (nSPS) is 35.9. The molecule has 6 heteroatoms. The molecule has 1 saturated carbocycles. The fourth-order valence-corrected chi connectivity index (χ4v) is 5.87. The van der Waals surface area contributed by atoms with Crippen molar-refractivity contribution in [2.24, 2.45) is 22.7 Å². The number of carbonyl (C=O) groups excluding carboxylic acids is 3. The monoisotopic (exact) mass is 376 g/mol. The van der Waals surface area contributed by atoms with E-state index in [0.717, 1.165) is 12.8 Å². The molecule has 0 aromatic rings. The van der Waals surface area contributed by atoms with Crippen molar-refractivity contribution in [1.82, 2.24) is 0 Å². The first-order valence-electron chi connectivity index (χ1n) is 9.53. The Morgan fingerprint density at radius 1 is 1.15 bits per heavy atom. The maximum atomic E-state index is 13.2. The molecule has 0 amide bonds. The SMILES string of the molecule is CC(C)C1=C(O)C2=C(C(=O)C1=O)[C@@]1(C)CCCC(C)(C)[C@@H]1[C@@H](O)[C@H]2OC=O. The summed E-state index contributed by atoms with van der Waals surface area (Å²) in [5.41, 5.74) is -0.759. The molecule has 0 aromatic heterocycles. The second-order valence-corrected chi connectivity index (χ2v) is 9.24. The number of aliphatic hydroxyl groups excluding tert-OH is 2. The maximum Gasteiger partial charge on any atom is 0.293 e. The molecule has 27 heavy (non-hydrogen) atoms. The van der Waals surface area contributed by atoms with Crippen molar-refractivity contribution >= 4 is 18.0 Å². The summed E-state index contributed by atoms with van der Waals surface area (Å²) in [7, 11) is 0. The van der Waals surface area contributed by atoms with Crippen molar-refractivity contribution in [2.45, 2.75) is 66.1 Å². The number of Topliss-reactive ketones (excluding diaryl/α,β-unsaturated/α-hetero) is 2. The van der Waals surface area contributed by atoms with Gasteiger partial charge in [0.05, 0.1) is 6.10 Å². The van der Waals surface area contributed by atoms with Gasteiger partial charge in [-0.1, -0.05) is 41.0 Å². The third kappa shape index (κ3) is 2.60. The Hall–Kier alpha value is -1.95. The second kappa shape index (κ2) is 6.30. The fraction of sp³-hybridized carbons (Fsp3) is 0.667. The van der Waals surface area contributed by atoms with E-state index in [1.165, 1.54) is 0 Å². The van der Waals surface area contributed by atoms with Crippen LogP contribution in [0.3, 0.4) is 0 Å². The van der Waals surface area contributed by atoms with Gasteiger partial charge in [0.1, 0.15) is 5.76 Å². The molecule has 3 rings (SSSR count). The number of ether oxygens (including phenoxy) is 1. The summed E-state index contributed by atoms with van der Waals surface area (Å²) in [6.07, 6.45) is 0.0615. The molecule has 0 aromatic carbocycles. The summed E-state index contributed by atoms with van der Waals surface area (Å²) in [5.74, 6) is -2.43. The van der Waals surface area contributed by atoms with Gasteiger partial charge in [0, 0.05) is 28.1 Å². The lowest BCUT2D eigenvalue weighted by Crippen LogP contribution is -2.60. The molecule has 3 aliphatic rings. The highest BCUT2D eigenvalue weighted by atomic mass is 16.5. The van der Waals surface area contributed by atoms with Gasteiger partial charge < -0.3 is 14.9 Å². The Labute approximate surface area is 159 Å². The van der Waals surface area contributed by atoms with Crippen LogP contribution >= 0.6 is 0 Å². The van der Waals surface area contributed by atoms with Crippen LogP contribution in [0.2, 0.25) is 0 Å². The lowest BCUT2D eigenvalue weighted by Gasteiger charge is -2.58. The average molecular weight is 376 g/mol. The molecule has 0 aliphatic heterocycles. The van der Waals surface area contributed by atoms with Gasteiger partial charge in [-0.3, -0.25) is 14.4 Å². The standard InChI is InChI=1S/C21H28O6/c1-10(2)11-14(23)12-13(16(25)15(11)24)21(5)8-6-7-20(3,4)19(21)17(26)18(12)27-9-22/h9-10,17-19,23,26H,6-8H2,1-5H3/t17-,18-,19-,21+/m0/s1. The van der Waals surface area contributed by atoms with E-state index in [0.29, 0.717) is 6.42 Å². The van der Waals surface area contributed by atoms with E-state index in [2.05, 4.69) is 0 Å². The Kier molecular flexibility index (Phi) is 4.62. The molecular formula is C21H28O6. The first kappa shape index (κ1) is 19.8. The Morgan fingerprint density at radius 2 is 1.78 bits per heavy atom. The summed E-state index contributed by atoms with van der Waals surface area (Å²) in [5, 5.41) is 22.1. The third-order valence-electron chi connectivity index (χ3n) is 6.79. The van der Waals surface area contributed by atoms with Crippen molar-refractivity contribution in [3.05, 3.63) is 22.5 Å². The third-order valence-corrected chi connectivity index (χ3v) is 6.79. The van der Waals surface area contributed by atoms with Crippen molar-refractivity contribution in [1.29, 1.82) is 0 Å². The molecular weight excluding hydrogens is 348 g/mol. The highest BCUT2D eigenvalue weighted by Crippen LogP contribution is 2.61. The first-order valence-corrected chi connectivity index (χ1v) is 9.53. The zero-order valence-corrected chi connectivity index (χ0v) is 16.5. The highest BCUT2D eigenvalue weighted by molar-refractivity contribution is 6.50. The topological polar surface area (TPSA) is 101 Å². The van der Waals surface area contributed by atoms with Gasteiger partial charge in [-0.25, -0.2) is 0 Å². The molecule has 0 spiro atoms. The van der Waals surface area contributed by atoms with E-state index in [9.17, 15) is 24.6 Å². The van der Waals surface area contributed by atoms with Gasteiger partial charge in [0.2, 0.25) is 11.6 Å². The van der Waals surface area contributed by atoms with Gasteiger partial charge in [-0.2, -0.15) is 0 Å². The zero-order valence-electron chi connectivity index (χ0n) is 16.5. The fourth-order valence-electron chi connectivity index (χ4n) is 5.87. The van der Waals surface area contributed by atoms with Crippen molar-refractivity contribution in [2.75, 3.05) is 0 Å². The number of hydrogen-bond acceptors (Lipinski definition) is 6. The molecule has 3 aliphatic carbocycles. The summed E-state index contributed by atoms with van der Waals surface area (Å²) in [6, 6.07) is 0. The zero-order chi connectivity index (χ0) is 20.3. The van der Waals surface area contributed by atoms with Gasteiger partial charge in [-0.05, 0) is 24.2 Å². The number of ketones is 2. The smallest absolute Gasteiger partial charge is 0.293 e. The van der Waals surface area contributed by atoms with E-state index < -0.39 is 29.2 Å². The number of hydrogen-bond donors (Lipinski definition) is 2. The number of aliphatic hydroxyl groups is 2. The minimum atomic E-state index is -1.17. The van der Waals surface area contributed by atoms with Crippen LogP contribution in [0.5, 0.6) is 0 Å². The number of allylic oxidation sites excluding steroid dienone is 2. The molecule has 2 N–H and O–H groups in total. The largest absolute Gasteiger partial charge is 0.507 e. The second-order valence-electron chi connectivity index (χ2n) is 9.24. The summed E-state index contributed by atoms with van der Waals surface area (Å²) in [4.78, 5) is 37.1. The molecule has 6 nitrogen and oxygen atoms in total. The van der Waals surface area contributed by atoms with Crippen LogP contribution in [0.4, 0.5) is 0 Å². The maximum absolute atomic E-state index is 13.2. The molecule has 1 fully saturated rings. The average Bonchev–Trinajstić information content (AvgIpc) is 2.54. The Bertz CT molecular complexity index is 772. The molecule has 148 valence electrons. The van der Waals surface area contributed by atoms with Crippen LogP contribution in [-0.2, 0) is 19.1 Å². The van der Waals surface area contributed by atoms with Crippen molar-refractivity contribution in [3.63, 3.8) is 0 Å². The van der Waals surface area contributed by atoms with Crippen LogP contribution in [0.25, 0.3) is 0 Å². The van der Waals surface area contributed by atoms with Crippen LogP contribution in [0, 0.1) is 22.7 Å². The molecule has 0 unspecified atom stereocenters. The van der Waals surface area contributed by atoms with E-state index in [4.69, 9.17) is 4.74 Å². The highest BCUT2D eigenvalue weighted by Gasteiger charge is 2.62. The Morgan fingerprint density at radius 3 is 2.33 bits per heavy atom. The van der Waals surface area contributed by atoms with Crippen LogP contribution < -0.4 is 0 Å². The van der Waals surface area contributed by atoms with Crippen LogP contribution in [0.15, 0.2) is 22.5 Å². The number of fused-ring (bicyclic) bond motifs is 2. The lowest BCUT2D eigenvalue weighted by molar-refractivity contribution is -0.156. The van der Waals surface area contributed by atoms with E-state index in [1.54, 1.807) is 13.8 Å². The lowest BCUT2D eigenvalue weighted by atomic mass is 9.47. The molecule has 0 heterocycles. The molecule has 0 saturated heterocycles. The van der Waals surface area contributed by atoms with E-state index in [1.807, 2.05) is 20.8 Å². The van der Waals surface area contributed by atoms with Gasteiger partial charge in [0.25, 0.3) is 6.47 Å². The quantitative estimate of drug-likeness (QED) is 0.446. The van der Waals surface area contributed by atoms with Gasteiger partial charge in [0.15, 0.2) is 6.10 Å². The minimum absolute atomic E-state index is 0.0163.